The fraction of sp³-hybridized carbons (Fsp3) is 0.611. The number of halogens is 1. The zero-order valence-electron chi connectivity index (χ0n) is 14.3. The molecule has 1 saturated heterocycles. The van der Waals surface area contributed by atoms with Crippen molar-refractivity contribution in [3.05, 3.63) is 23.4 Å². The highest BCUT2D eigenvalue weighted by Crippen LogP contribution is 2.21. The molecule has 1 saturated carbocycles. The maximum absolute atomic E-state index is 12.4. The first-order valence-electron chi connectivity index (χ1n) is 9.09. The van der Waals surface area contributed by atoms with Gasteiger partial charge in [0.2, 0.25) is 5.91 Å². The molecule has 0 spiro atoms. The molecule has 0 aromatic carbocycles. The van der Waals surface area contributed by atoms with Crippen LogP contribution in [0.15, 0.2) is 18.3 Å². The number of hydrogen-bond donors (Lipinski definition) is 2. The lowest BCUT2D eigenvalue weighted by Crippen LogP contribution is -2.49. The van der Waals surface area contributed by atoms with E-state index in [0.717, 1.165) is 12.8 Å². The molecule has 2 heterocycles. The number of nitrogens with zero attached hydrogens (tertiary/aromatic N) is 2. The fourth-order valence-corrected chi connectivity index (χ4v) is 3.65. The molecule has 0 radical (unpaired) electrons. The number of urea groups is 1. The number of piperidine rings is 1. The minimum absolute atomic E-state index is 0.0186. The number of nitrogens with one attached hydrogen (secondary N) is 2. The molecule has 0 atom stereocenters. The van der Waals surface area contributed by atoms with Crippen molar-refractivity contribution in [1.82, 2.24) is 15.2 Å². The topological polar surface area (TPSA) is 74.3 Å². The standard InChI is InChI=1S/C18H25ClN4O2/c19-14-6-7-16(20-12-14)22-17(24)13-8-10-23(11-9-13)18(25)21-15-4-2-1-3-5-15/h6-7,12-13,15H,1-5,8-11H2,(H,21,25)(H,20,22,24). The maximum Gasteiger partial charge on any atom is 0.317 e. The van der Waals surface area contributed by atoms with Crippen LogP contribution in [-0.4, -0.2) is 41.0 Å². The number of pyridine rings is 1. The second kappa shape index (κ2) is 8.52. The lowest BCUT2D eigenvalue weighted by Gasteiger charge is -2.33. The summed E-state index contributed by atoms with van der Waals surface area (Å²) in [7, 11) is 0. The Balaban J connectivity index is 1.43. The molecule has 0 bridgehead atoms. The molecule has 2 fully saturated rings. The Kier molecular flexibility index (Phi) is 6.13. The van der Waals surface area contributed by atoms with Crippen molar-refractivity contribution in [2.45, 2.75) is 51.0 Å². The Morgan fingerprint density at radius 3 is 2.44 bits per heavy atom. The van der Waals surface area contributed by atoms with Gasteiger partial charge in [-0.2, -0.15) is 0 Å². The summed E-state index contributed by atoms with van der Waals surface area (Å²) in [4.78, 5) is 30.6. The number of carbonyl (C=O) groups is 2. The van der Waals surface area contributed by atoms with E-state index in [1.165, 1.54) is 25.5 Å². The summed E-state index contributed by atoms with van der Waals surface area (Å²) in [6.45, 7) is 1.23. The van der Waals surface area contributed by atoms with E-state index in [1.807, 2.05) is 4.90 Å². The molecule has 0 unspecified atom stereocenters. The molecular formula is C18H25ClN4O2. The second-order valence-electron chi connectivity index (χ2n) is 6.90. The van der Waals surface area contributed by atoms with Gasteiger partial charge in [0.05, 0.1) is 5.02 Å². The maximum atomic E-state index is 12.4. The van der Waals surface area contributed by atoms with E-state index >= 15 is 0 Å². The van der Waals surface area contributed by atoms with E-state index in [2.05, 4.69) is 15.6 Å². The zero-order valence-corrected chi connectivity index (χ0v) is 15.1. The Bertz CT molecular complexity index is 594. The number of rotatable bonds is 3. The molecule has 1 aliphatic heterocycles. The van der Waals surface area contributed by atoms with E-state index in [4.69, 9.17) is 11.6 Å². The smallest absolute Gasteiger partial charge is 0.317 e. The normalized spacial score (nSPS) is 19.5. The van der Waals surface area contributed by atoms with Gasteiger partial charge in [0.1, 0.15) is 5.82 Å². The molecule has 7 heteroatoms. The number of carbonyl (C=O) groups excluding carboxylic acids is 2. The zero-order chi connectivity index (χ0) is 17.6. The van der Waals surface area contributed by atoms with Gasteiger partial charge in [0.15, 0.2) is 0 Å². The number of hydrogen-bond acceptors (Lipinski definition) is 3. The van der Waals surface area contributed by atoms with Crippen molar-refractivity contribution in [3.8, 4) is 0 Å². The highest BCUT2D eigenvalue weighted by molar-refractivity contribution is 6.30. The minimum atomic E-state index is -0.0868. The van der Waals surface area contributed by atoms with Crippen LogP contribution in [0.4, 0.5) is 10.6 Å². The molecule has 1 aliphatic carbocycles. The van der Waals surface area contributed by atoms with Crippen LogP contribution >= 0.6 is 11.6 Å². The fourth-order valence-electron chi connectivity index (χ4n) is 3.54. The number of anilines is 1. The van der Waals surface area contributed by atoms with Crippen molar-refractivity contribution in [2.75, 3.05) is 18.4 Å². The third-order valence-electron chi connectivity index (χ3n) is 5.06. The molecule has 3 rings (SSSR count). The van der Waals surface area contributed by atoms with Gasteiger partial charge in [-0.25, -0.2) is 9.78 Å². The van der Waals surface area contributed by atoms with Crippen LogP contribution in [-0.2, 0) is 4.79 Å². The van der Waals surface area contributed by atoms with Crippen LogP contribution in [0.2, 0.25) is 5.02 Å². The summed E-state index contributed by atoms with van der Waals surface area (Å²) in [5.41, 5.74) is 0. The highest BCUT2D eigenvalue weighted by atomic mass is 35.5. The van der Waals surface area contributed by atoms with Gasteiger partial charge < -0.3 is 15.5 Å². The van der Waals surface area contributed by atoms with Crippen molar-refractivity contribution in [2.24, 2.45) is 5.92 Å². The average molecular weight is 365 g/mol. The van der Waals surface area contributed by atoms with E-state index in [-0.39, 0.29) is 17.9 Å². The van der Waals surface area contributed by atoms with Crippen molar-refractivity contribution >= 4 is 29.4 Å². The van der Waals surface area contributed by atoms with Crippen LogP contribution in [0.25, 0.3) is 0 Å². The molecular weight excluding hydrogens is 340 g/mol. The van der Waals surface area contributed by atoms with Crippen molar-refractivity contribution in [3.63, 3.8) is 0 Å². The summed E-state index contributed by atoms with van der Waals surface area (Å²) in [6, 6.07) is 3.72. The SMILES string of the molecule is O=C(Nc1ccc(Cl)cn1)C1CCN(C(=O)NC2CCCCC2)CC1. The number of aromatic nitrogens is 1. The minimum Gasteiger partial charge on any atom is -0.335 e. The first-order valence-corrected chi connectivity index (χ1v) is 9.47. The highest BCUT2D eigenvalue weighted by Gasteiger charge is 2.28. The molecule has 136 valence electrons. The second-order valence-corrected chi connectivity index (χ2v) is 7.33. The number of amides is 3. The molecule has 1 aromatic heterocycles. The van der Waals surface area contributed by atoms with Crippen molar-refractivity contribution in [1.29, 1.82) is 0 Å². The summed E-state index contributed by atoms with van der Waals surface area (Å²) in [6.07, 6.45) is 8.70. The van der Waals surface area contributed by atoms with Crippen LogP contribution < -0.4 is 10.6 Å². The third-order valence-corrected chi connectivity index (χ3v) is 5.29. The molecule has 6 nitrogen and oxygen atoms in total. The van der Waals surface area contributed by atoms with Gasteiger partial charge in [-0.3, -0.25) is 4.79 Å². The van der Waals surface area contributed by atoms with Gasteiger partial charge in [0.25, 0.3) is 0 Å². The molecule has 2 aliphatic rings. The molecule has 25 heavy (non-hydrogen) atoms. The predicted octanol–water partition coefficient (Wildman–Crippen LogP) is 3.43. The van der Waals surface area contributed by atoms with Crippen LogP contribution in [0, 0.1) is 5.92 Å². The monoisotopic (exact) mass is 364 g/mol. The quantitative estimate of drug-likeness (QED) is 0.862. The Labute approximate surface area is 153 Å². The lowest BCUT2D eigenvalue weighted by molar-refractivity contribution is -0.121. The Morgan fingerprint density at radius 1 is 1.08 bits per heavy atom. The summed E-state index contributed by atoms with van der Waals surface area (Å²) < 4.78 is 0. The number of likely N-dealkylation sites (tertiary alicyclic amines) is 1. The van der Waals surface area contributed by atoms with Gasteiger partial charge in [0, 0.05) is 31.2 Å². The van der Waals surface area contributed by atoms with Gasteiger partial charge in [-0.05, 0) is 37.8 Å². The first-order chi connectivity index (χ1) is 12.1. The van der Waals surface area contributed by atoms with Crippen LogP contribution in [0.3, 0.4) is 0 Å². The Morgan fingerprint density at radius 2 is 1.80 bits per heavy atom. The lowest BCUT2D eigenvalue weighted by atomic mass is 9.95. The van der Waals surface area contributed by atoms with E-state index in [1.54, 1.807) is 12.1 Å². The third kappa shape index (κ3) is 5.08. The largest absolute Gasteiger partial charge is 0.335 e. The van der Waals surface area contributed by atoms with Crippen LogP contribution in [0.5, 0.6) is 0 Å². The molecule has 1 aromatic rings. The summed E-state index contributed by atoms with van der Waals surface area (Å²) in [5, 5.41) is 6.50. The van der Waals surface area contributed by atoms with Gasteiger partial charge >= 0.3 is 6.03 Å². The molecule has 2 N–H and O–H groups in total. The van der Waals surface area contributed by atoms with E-state index < -0.39 is 0 Å². The van der Waals surface area contributed by atoms with Gasteiger partial charge in [-0.1, -0.05) is 30.9 Å². The van der Waals surface area contributed by atoms with Crippen molar-refractivity contribution < 1.29 is 9.59 Å². The summed E-state index contributed by atoms with van der Waals surface area (Å²) in [5.74, 6) is 0.380. The van der Waals surface area contributed by atoms with E-state index in [0.29, 0.717) is 42.8 Å². The van der Waals surface area contributed by atoms with Crippen LogP contribution in [0.1, 0.15) is 44.9 Å². The Hall–Kier alpha value is -1.82. The average Bonchev–Trinajstić information content (AvgIpc) is 2.64. The first kappa shape index (κ1) is 18.0. The van der Waals surface area contributed by atoms with Gasteiger partial charge in [-0.15, -0.1) is 0 Å². The molecule has 3 amide bonds. The summed E-state index contributed by atoms with van der Waals surface area (Å²) >= 11 is 5.79. The predicted molar refractivity (Wildman–Crippen MR) is 97.6 cm³/mol. The van der Waals surface area contributed by atoms with E-state index in [9.17, 15) is 9.59 Å².